The van der Waals surface area contributed by atoms with Gasteiger partial charge in [0.25, 0.3) is 5.69 Å². The summed E-state index contributed by atoms with van der Waals surface area (Å²) in [4.78, 5) is 12.1. The lowest BCUT2D eigenvalue weighted by atomic mass is 10.2. The Bertz CT molecular complexity index is 426. The van der Waals surface area contributed by atoms with E-state index in [1.165, 1.54) is 12.1 Å². The fourth-order valence-electron chi connectivity index (χ4n) is 1.49. The number of likely N-dealkylation sites (N-methyl/N-ethyl adjacent to an activating group) is 1. The van der Waals surface area contributed by atoms with E-state index in [-0.39, 0.29) is 22.3 Å². The van der Waals surface area contributed by atoms with Crippen molar-refractivity contribution >= 4 is 34.6 Å². The molecule has 0 saturated heterocycles. The van der Waals surface area contributed by atoms with Gasteiger partial charge in [-0.1, -0.05) is 23.2 Å². The highest BCUT2D eigenvalue weighted by Crippen LogP contribution is 2.36. The van der Waals surface area contributed by atoms with E-state index >= 15 is 0 Å². The van der Waals surface area contributed by atoms with Gasteiger partial charge in [0, 0.05) is 19.2 Å². The Morgan fingerprint density at radius 1 is 1.41 bits per heavy atom. The predicted octanol–water partition coefficient (Wildman–Crippen LogP) is 2.72. The van der Waals surface area contributed by atoms with Crippen LogP contribution >= 0.6 is 23.2 Å². The van der Waals surface area contributed by atoms with Crippen LogP contribution in [0.15, 0.2) is 12.1 Å². The van der Waals surface area contributed by atoms with Gasteiger partial charge in [0.1, 0.15) is 5.69 Å². The first-order valence-electron chi connectivity index (χ1n) is 5.00. The van der Waals surface area contributed by atoms with Crippen LogP contribution in [0.2, 0.25) is 10.0 Å². The number of aliphatic hydroxyl groups is 1. The van der Waals surface area contributed by atoms with Gasteiger partial charge in [-0.3, -0.25) is 10.1 Å². The van der Waals surface area contributed by atoms with Gasteiger partial charge in [-0.05, 0) is 13.0 Å². The summed E-state index contributed by atoms with van der Waals surface area (Å²) in [5.41, 5.74) is 0.246. The van der Waals surface area contributed by atoms with Crippen LogP contribution < -0.4 is 4.90 Å². The molecule has 0 amide bonds. The second-order valence-corrected chi connectivity index (χ2v) is 4.13. The molecule has 0 aliphatic rings. The Labute approximate surface area is 109 Å². The van der Waals surface area contributed by atoms with Crippen molar-refractivity contribution in [2.24, 2.45) is 0 Å². The van der Waals surface area contributed by atoms with Gasteiger partial charge < -0.3 is 10.0 Å². The van der Waals surface area contributed by atoms with Crippen molar-refractivity contribution in [3.8, 4) is 0 Å². The van der Waals surface area contributed by atoms with Crippen molar-refractivity contribution < 1.29 is 10.0 Å². The third-order valence-electron chi connectivity index (χ3n) is 2.31. The van der Waals surface area contributed by atoms with E-state index in [9.17, 15) is 10.1 Å². The zero-order valence-electron chi connectivity index (χ0n) is 9.19. The molecule has 94 valence electrons. The molecule has 0 aliphatic carbocycles. The molecule has 0 heterocycles. The quantitative estimate of drug-likeness (QED) is 0.664. The molecule has 0 spiro atoms. The van der Waals surface area contributed by atoms with Crippen LogP contribution in [-0.4, -0.2) is 29.7 Å². The smallest absolute Gasteiger partial charge is 0.294 e. The zero-order valence-corrected chi connectivity index (χ0v) is 10.7. The van der Waals surface area contributed by atoms with E-state index < -0.39 is 4.92 Å². The van der Waals surface area contributed by atoms with Crippen LogP contribution in [0.3, 0.4) is 0 Å². The van der Waals surface area contributed by atoms with Crippen molar-refractivity contribution in [2.45, 2.75) is 6.92 Å². The summed E-state index contributed by atoms with van der Waals surface area (Å²) in [6.45, 7) is 2.57. The first-order valence-corrected chi connectivity index (χ1v) is 5.76. The Morgan fingerprint density at radius 3 is 2.47 bits per heavy atom. The standard InChI is InChI=1S/C10H12Cl2N2O3/c1-2-13(3-4-15)9-5-7(11)8(12)6-10(9)14(16)17/h5-6,15H,2-4H2,1H3. The second-order valence-electron chi connectivity index (χ2n) is 3.32. The topological polar surface area (TPSA) is 66.6 Å². The molecule has 0 aliphatic heterocycles. The minimum atomic E-state index is -0.516. The van der Waals surface area contributed by atoms with Crippen LogP contribution in [0.1, 0.15) is 6.92 Å². The Kier molecular flexibility index (Phi) is 4.99. The maximum Gasteiger partial charge on any atom is 0.294 e. The van der Waals surface area contributed by atoms with Gasteiger partial charge in [0.2, 0.25) is 0 Å². The summed E-state index contributed by atoms with van der Waals surface area (Å²) in [7, 11) is 0. The minimum absolute atomic E-state index is 0.0920. The number of benzene rings is 1. The Hall–Kier alpha value is -1.04. The predicted molar refractivity (Wildman–Crippen MR) is 68.1 cm³/mol. The van der Waals surface area contributed by atoms with E-state index in [0.717, 1.165) is 0 Å². The van der Waals surface area contributed by atoms with Crippen molar-refractivity contribution in [1.29, 1.82) is 0 Å². The zero-order chi connectivity index (χ0) is 13.0. The van der Waals surface area contributed by atoms with Gasteiger partial charge in [-0.25, -0.2) is 0 Å². The highest BCUT2D eigenvalue weighted by Gasteiger charge is 2.20. The number of halogens is 2. The molecule has 0 fully saturated rings. The molecule has 0 radical (unpaired) electrons. The molecule has 1 N–H and O–H groups in total. The molecular weight excluding hydrogens is 267 g/mol. The Morgan fingerprint density at radius 2 is 2.00 bits per heavy atom. The molecule has 0 atom stereocenters. The first kappa shape index (κ1) is 14.0. The minimum Gasteiger partial charge on any atom is -0.395 e. The molecule has 0 unspecified atom stereocenters. The van der Waals surface area contributed by atoms with E-state index in [2.05, 4.69) is 0 Å². The average molecular weight is 279 g/mol. The lowest BCUT2D eigenvalue weighted by molar-refractivity contribution is -0.384. The highest BCUT2D eigenvalue weighted by molar-refractivity contribution is 6.42. The van der Waals surface area contributed by atoms with Crippen LogP contribution in [0.25, 0.3) is 0 Å². The summed E-state index contributed by atoms with van der Waals surface area (Å²) in [6.07, 6.45) is 0. The molecule has 1 rings (SSSR count). The number of nitro groups is 1. The third kappa shape index (κ3) is 3.21. The first-order chi connectivity index (χ1) is 8.01. The number of aliphatic hydroxyl groups excluding tert-OH is 1. The molecular formula is C10H12Cl2N2O3. The van der Waals surface area contributed by atoms with Gasteiger partial charge in [-0.2, -0.15) is 0 Å². The van der Waals surface area contributed by atoms with Crippen LogP contribution in [0.4, 0.5) is 11.4 Å². The van der Waals surface area contributed by atoms with E-state index in [1.807, 2.05) is 6.92 Å². The fourth-order valence-corrected chi connectivity index (χ4v) is 1.81. The summed E-state index contributed by atoms with van der Waals surface area (Å²) in [6, 6.07) is 2.67. The molecule has 17 heavy (non-hydrogen) atoms. The van der Waals surface area contributed by atoms with Gasteiger partial charge in [0.15, 0.2) is 0 Å². The van der Waals surface area contributed by atoms with Crippen LogP contribution in [-0.2, 0) is 0 Å². The maximum absolute atomic E-state index is 10.9. The van der Waals surface area contributed by atoms with Crippen molar-refractivity contribution in [2.75, 3.05) is 24.6 Å². The summed E-state index contributed by atoms with van der Waals surface area (Å²) in [5, 5.41) is 20.2. The van der Waals surface area contributed by atoms with Crippen molar-refractivity contribution in [1.82, 2.24) is 0 Å². The molecule has 0 aromatic heterocycles. The normalized spacial score (nSPS) is 10.4. The number of nitro benzene ring substituents is 1. The molecule has 1 aromatic rings. The second kappa shape index (κ2) is 6.05. The van der Waals surface area contributed by atoms with Gasteiger partial charge >= 0.3 is 0 Å². The highest BCUT2D eigenvalue weighted by atomic mass is 35.5. The number of nitrogens with zero attached hydrogens (tertiary/aromatic N) is 2. The van der Waals surface area contributed by atoms with Crippen molar-refractivity contribution in [3.63, 3.8) is 0 Å². The molecule has 5 nitrogen and oxygen atoms in total. The lowest BCUT2D eigenvalue weighted by Gasteiger charge is -2.22. The van der Waals surface area contributed by atoms with Crippen LogP contribution in [0, 0.1) is 10.1 Å². The molecule has 0 saturated carbocycles. The monoisotopic (exact) mass is 278 g/mol. The number of hydrogen-bond acceptors (Lipinski definition) is 4. The molecule has 1 aromatic carbocycles. The van der Waals surface area contributed by atoms with E-state index in [1.54, 1.807) is 4.90 Å². The number of rotatable bonds is 5. The average Bonchev–Trinajstić information content (AvgIpc) is 2.29. The van der Waals surface area contributed by atoms with E-state index in [0.29, 0.717) is 18.8 Å². The fraction of sp³-hybridized carbons (Fsp3) is 0.400. The molecule has 0 bridgehead atoms. The third-order valence-corrected chi connectivity index (χ3v) is 3.03. The summed E-state index contributed by atoms with van der Waals surface area (Å²) in [5.74, 6) is 0. The number of anilines is 1. The molecule has 7 heteroatoms. The van der Waals surface area contributed by atoms with E-state index in [4.69, 9.17) is 28.3 Å². The largest absolute Gasteiger partial charge is 0.395 e. The maximum atomic E-state index is 10.9. The summed E-state index contributed by atoms with van der Waals surface area (Å²) < 4.78 is 0. The van der Waals surface area contributed by atoms with Crippen molar-refractivity contribution in [3.05, 3.63) is 32.3 Å². The summed E-state index contributed by atoms with van der Waals surface area (Å²) >= 11 is 11.6. The number of hydrogen-bond donors (Lipinski definition) is 1. The van der Waals surface area contributed by atoms with Gasteiger partial charge in [-0.15, -0.1) is 0 Å². The SMILES string of the molecule is CCN(CCO)c1cc(Cl)c(Cl)cc1[N+](=O)[O-]. The lowest BCUT2D eigenvalue weighted by Crippen LogP contribution is -2.26. The van der Waals surface area contributed by atoms with Crippen LogP contribution in [0.5, 0.6) is 0 Å². The Balaban J connectivity index is 3.28. The van der Waals surface area contributed by atoms with Gasteiger partial charge in [0.05, 0.1) is 21.6 Å².